The summed E-state index contributed by atoms with van der Waals surface area (Å²) in [7, 11) is 5.92. The lowest BCUT2D eigenvalue weighted by atomic mass is 10.0. The summed E-state index contributed by atoms with van der Waals surface area (Å²) < 4.78 is 22.7. The molecule has 0 fully saturated rings. The van der Waals surface area contributed by atoms with Gasteiger partial charge in [-0.1, -0.05) is 242 Å². The molecule has 0 heterocycles. The van der Waals surface area contributed by atoms with Crippen molar-refractivity contribution in [2.75, 3.05) is 47.5 Å². The van der Waals surface area contributed by atoms with Crippen LogP contribution < -0.4 is 5.11 Å². The number of quaternary nitrogens is 1. The average Bonchev–Trinajstić information content (AvgIpc) is 3.31. The average molecular weight is 973 g/mol. The number of ether oxygens (including phenoxy) is 4. The summed E-state index contributed by atoms with van der Waals surface area (Å²) in [6, 6.07) is 0. The summed E-state index contributed by atoms with van der Waals surface area (Å²) in [5, 5.41) is 11.8. The van der Waals surface area contributed by atoms with Gasteiger partial charge >= 0.3 is 11.9 Å². The number of hydrogen-bond acceptors (Lipinski definition) is 8. The number of carbonyl (C=O) groups is 3. The third-order valence-corrected chi connectivity index (χ3v) is 12.6. The molecule has 9 heteroatoms. The van der Waals surface area contributed by atoms with E-state index in [1.54, 1.807) is 0 Å². The van der Waals surface area contributed by atoms with Gasteiger partial charge in [0.1, 0.15) is 13.2 Å². The molecule has 0 aliphatic carbocycles. The van der Waals surface area contributed by atoms with Crippen LogP contribution in [0.2, 0.25) is 0 Å². The van der Waals surface area contributed by atoms with Crippen LogP contribution in [0.25, 0.3) is 0 Å². The lowest BCUT2D eigenvalue weighted by molar-refractivity contribution is -0.870. The zero-order valence-corrected chi connectivity index (χ0v) is 45.7. The normalized spacial score (nSPS) is 13.1. The van der Waals surface area contributed by atoms with Crippen molar-refractivity contribution in [2.24, 2.45) is 0 Å². The van der Waals surface area contributed by atoms with Crippen LogP contribution in [0, 0.1) is 0 Å². The zero-order valence-electron chi connectivity index (χ0n) is 45.7. The Morgan fingerprint density at radius 2 is 0.826 bits per heavy atom. The molecule has 0 aliphatic rings. The summed E-state index contributed by atoms with van der Waals surface area (Å²) in [5.74, 6) is -2.29. The van der Waals surface area contributed by atoms with E-state index in [9.17, 15) is 19.5 Å². The van der Waals surface area contributed by atoms with E-state index in [2.05, 4.69) is 62.5 Å². The molecule has 9 nitrogen and oxygen atoms in total. The molecule has 0 amide bonds. The predicted octanol–water partition coefficient (Wildman–Crippen LogP) is 15.3. The number of nitrogens with zero attached hydrogens (tertiary/aromatic N) is 1. The van der Waals surface area contributed by atoms with Crippen LogP contribution in [-0.2, 0) is 33.3 Å². The van der Waals surface area contributed by atoms with Crippen molar-refractivity contribution in [3.8, 4) is 0 Å². The molecule has 0 spiro atoms. The van der Waals surface area contributed by atoms with Gasteiger partial charge in [0.05, 0.1) is 40.3 Å². The van der Waals surface area contributed by atoms with E-state index in [0.717, 1.165) is 83.5 Å². The second-order valence-corrected chi connectivity index (χ2v) is 20.6. The van der Waals surface area contributed by atoms with Gasteiger partial charge in [-0.15, -0.1) is 0 Å². The highest BCUT2D eigenvalue weighted by molar-refractivity contribution is 5.70. The molecule has 69 heavy (non-hydrogen) atoms. The van der Waals surface area contributed by atoms with Gasteiger partial charge in [-0.2, -0.15) is 0 Å². The number of hydrogen-bond donors (Lipinski definition) is 0. The van der Waals surface area contributed by atoms with E-state index >= 15 is 0 Å². The smallest absolute Gasteiger partial charge is 0.306 e. The Hall–Kier alpha value is -2.75. The van der Waals surface area contributed by atoms with Gasteiger partial charge in [0.25, 0.3) is 0 Å². The number of esters is 2. The molecular formula is C60H109NO8. The molecular weight excluding hydrogens is 863 g/mol. The Morgan fingerprint density at radius 3 is 1.23 bits per heavy atom. The molecule has 2 unspecified atom stereocenters. The van der Waals surface area contributed by atoms with E-state index < -0.39 is 24.3 Å². The standard InChI is InChI=1S/C60H109NO8/c1-6-8-10-12-14-16-18-20-22-24-26-27-28-29-30-31-33-34-36-38-40-42-44-46-48-50-57(62)67-54-56(55-68-60(59(64)65)66-53-52-61(3,4)5)69-58(63)51-49-47-45-43-41-39-37-35-32-25-23-21-19-17-15-13-11-9-7-2/h9,11,15,17,21,23,32,35,56,60H,6-8,10,12-14,16,18-20,22,24-31,33-34,36-55H2,1-5H3/b11-9-,17-15-,23-21-,35-32-. The maximum absolute atomic E-state index is 12.8. The molecule has 2 atom stereocenters. The maximum Gasteiger partial charge on any atom is 0.306 e. The van der Waals surface area contributed by atoms with Crippen molar-refractivity contribution in [2.45, 2.75) is 270 Å². The monoisotopic (exact) mass is 972 g/mol. The summed E-state index contributed by atoms with van der Waals surface area (Å²) in [5.41, 5.74) is 0. The first-order valence-corrected chi connectivity index (χ1v) is 28.8. The van der Waals surface area contributed by atoms with Crippen LogP contribution in [-0.4, -0.2) is 82.3 Å². The van der Waals surface area contributed by atoms with Crippen molar-refractivity contribution in [3.63, 3.8) is 0 Å². The Morgan fingerprint density at radius 1 is 0.449 bits per heavy atom. The minimum atomic E-state index is -1.62. The van der Waals surface area contributed by atoms with Crippen molar-refractivity contribution < 1.29 is 42.9 Å². The third kappa shape index (κ3) is 52.9. The number of allylic oxidation sites excluding steroid dienone is 8. The fourth-order valence-electron chi connectivity index (χ4n) is 8.18. The highest BCUT2D eigenvalue weighted by Gasteiger charge is 2.22. The van der Waals surface area contributed by atoms with Crippen molar-refractivity contribution in [1.82, 2.24) is 0 Å². The number of unbranched alkanes of at least 4 members (excludes halogenated alkanes) is 30. The van der Waals surface area contributed by atoms with Crippen molar-refractivity contribution in [3.05, 3.63) is 48.6 Å². The second kappa shape index (κ2) is 51.6. The van der Waals surface area contributed by atoms with Crippen LogP contribution in [0.1, 0.15) is 258 Å². The van der Waals surface area contributed by atoms with Gasteiger partial charge in [0, 0.05) is 12.8 Å². The van der Waals surface area contributed by atoms with Gasteiger partial charge in [0.15, 0.2) is 12.4 Å². The van der Waals surface area contributed by atoms with Crippen LogP contribution in [0.4, 0.5) is 0 Å². The van der Waals surface area contributed by atoms with E-state index in [0.29, 0.717) is 23.9 Å². The number of carboxylic acid groups (broad SMARTS) is 1. The maximum atomic E-state index is 12.8. The first-order valence-electron chi connectivity index (χ1n) is 28.8. The van der Waals surface area contributed by atoms with E-state index in [-0.39, 0.29) is 32.2 Å². The highest BCUT2D eigenvalue weighted by Crippen LogP contribution is 2.17. The molecule has 0 N–H and O–H groups in total. The Balaban J connectivity index is 4.22. The third-order valence-electron chi connectivity index (χ3n) is 12.6. The fourth-order valence-corrected chi connectivity index (χ4v) is 8.18. The van der Waals surface area contributed by atoms with Crippen LogP contribution >= 0.6 is 0 Å². The first-order chi connectivity index (χ1) is 33.6. The largest absolute Gasteiger partial charge is 0.545 e. The summed E-state index contributed by atoms with van der Waals surface area (Å²) in [6.07, 6.45) is 60.2. The SMILES string of the molecule is CC/C=C\C/C=C\C/C=C\C/C=C\CCCCCCCCC(=O)OC(COC(=O)CCCCCCCCCCCCCCCCCCCCCCCCCCC)COC(OCC[N+](C)(C)C)C(=O)[O-]. The number of aliphatic carboxylic acids is 1. The van der Waals surface area contributed by atoms with E-state index in [4.69, 9.17) is 18.9 Å². The molecule has 402 valence electrons. The lowest BCUT2D eigenvalue weighted by Crippen LogP contribution is -2.44. The molecule has 0 aromatic heterocycles. The number of likely N-dealkylation sites (N-methyl/N-ethyl adjacent to an activating group) is 1. The molecule has 0 saturated carbocycles. The molecule has 0 aromatic rings. The zero-order chi connectivity index (χ0) is 50.6. The van der Waals surface area contributed by atoms with Crippen LogP contribution in [0.3, 0.4) is 0 Å². The van der Waals surface area contributed by atoms with Gasteiger partial charge in [0.2, 0.25) is 0 Å². The fraction of sp³-hybridized carbons (Fsp3) is 0.817. The van der Waals surface area contributed by atoms with Crippen LogP contribution in [0.15, 0.2) is 48.6 Å². The predicted molar refractivity (Wildman–Crippen MR) is 288 cm³/mol. The minimum Gasteiger partial charge on any atom is -0.545 e. The molecule has 0 saturated heterocycles. The number of rotatable bonds is 53. The first kappa shape index (κ1) is 66.2. The number of carboxylic acids is 1. The van der Waals surface area contributed by atoms with E-state index in [1.165, 1.54) is 141 Å². The van der Waals surface area contributed by atoms with Gasteiger partial charge in [-0.05, 0) is 51.4 Å². The Labute approximate surface area is 425 Å². The van der Waals surface area contributed by atoms with Gasteiger partial charge < -0.3 is 33.3 Å². The van der Waals surface area contributed by atoms with Crippen molar-refractivity contribution >= 4 is 17.9 Å². The highest BCUT2D eigenvalue weighted by atomic mass is 16.7. The number of carbonyl (C=O) groups excluding carboxylic acids is 3. The Kier molecular flexibility index (Phi) is 49.5. The molecule has 0 radical (unpaired) electrons. The topological polar surface area (TPSA) is 111 Å². The Bertz CT molecular complexity index is 1270. The van der Waals surface area contributed by atoms with Gasteiger partial charge in [-0.3, -0.25) is 9.59 Å². The summed E-state index contributed by atoms with van der Waals surface area (Å²) >= 11 is 0. The van der Waals surface area contributed by atoms with Crippen molar-refractivity contribution in [1.29, 1.82) is 0 Å². The summed E-state index contributed by atoms with van der Waals surface area (Å²) in [4.78, 5) is 37.3. The van der Waals surface area contributed by atoms with Gasteiger partial charge in [-0.25, -0.2) is 0 Å². The molecule has 0 aliphatic heterocycles. The van der Waals surface area contributed by atoms with Crippen LogP contribution in [0.5, 0.6) is 0 Å². The molecule has 0 bridgehead atoms. The van der Waals surface area contributed by atoms with E-state index in [1.807, 2.05) is 21.1 Å². The second-order valence-electron chi connectivity index (χ2n) is 20.6. The summed E-state index contributed by atoms with van der Waals surface area (Å²) in [6.45, 7) is 4.65. The lowest BCUT2D eigenvalue weighted by Gasteiger charge is -2.26. The minimum absolute atomic E-state index is 0.144. The quantitative estimate of drug-likeness (QED) is 0.0195. The molecule has 0 aromatic carbocycles. The molecule has 0 rings (SSSR count).